The summed E-state index contributed by atoms with van der Waals surface area (Å²) >= 11 is 1.47. The lowest BCUT2D eigenvalue weighted by Gasteiger charge is -2.15. The summed E-state index contributed by atoms with van der Waals surface area (Å²) in [6, 6.07) is 18.3. The number of aromatic nitrogens is 1. The topological polar surface area (TPSA) is 96.4 Å². The van der Waals surface area contributed by atoms with Crippen LogP contribution in [0.25, 0.3) is 21.0 Å². The van der Waals surface area contributed by atoms with Crippen LogP contribution in [0.5, 0.6) is 0 Å². The number of rotatable bonds is 7. The summed E-state index contributed by atoms with van der Waals surface area (Å²) in [5.74, 6) is -1.94. The molecule has 8 heteroatoms. The van der Waals surface area contributed by atoms with Gasteiger partial charge in [-0.1, -0.05) is 63.2 Å². The minimum absolute atomic E-state index is 0.105. The van der Waals surface area contributed by atoms with Gasteiger partial charge in [0.1, 0.15) is 0 Å². The van der Waals surface area contributed by atoms with Crippen molar-refractivity contribution >= 4 is 48.3 Å². The second-order valence-corrected chi connectivity index (χ2v) is 11.9. The normalized spacial score (nSPS) is 13.4. The van der Waals surface area contributed by atoms with Crippen molar-refractivity contribution in [3.63, 3.8) is 0 Å². The molecule has 0 spiro atoms. The molecule has 4 rings (SSSR count). The van der Waals surface area contributed by atoms with E-state index in [2.05, 4.69) is 30.5 Å². The summed E-state index contributed by atoms with van der Waals surface area (Å²) in [5, 5.41) is 12.7. The smallest absolute Gasteiger partial charge is 0.308 e. The minimum atomic E-state index is -3.88. The maximum atomic E-state index is 13.0. The number of hydrogen-bond donors (Lipinski definition) is 2. The molecule has 0 saturated heterocycles. The summed E-state index contributed by atoms with van der Waals surface area (Å²) in [6.07, 6.45) is 0.224. The van der Waals surface area contributed by atoms with Gasteiger partial charge in [0.05, 0.1) is 26.0 Å². The van der Waals surface area contributed by atoms with Crippen molar-refractivity contribution in [3.05, 3.63) is 71.2 Å². The number of fused-ring (bicyclic) bond motifs is 2. The summed E-state index contributed by atoms with van der Waals surface area (Å²) in [7, 11) is -3.88. The molecule has 0 aliphatic heterocycles. The van der Waals surface area contributed by atoms with Crippen LogP contribution in [0.2, 0.25) is 0 Å². The highest BCUT2D eigenvalue weighted by molar-refractivity contribution is 7.89. The summed E-state index contributed by atoms with van der Waals surface area (Å²) in [5.41, 5.74) is 1.50. The lowest BCUT2D eigenvalue weighted by atomic mass is 9.95. The highest BCUT2D eigenvalue weighted by atomic mass is 32.2. The molecule has 2 N–H and O–H groups in total. The molecule has 3 aromatic carbocycles. The van der Waals surface area contributed by atoms with E-state index in [1.807, 2.05) is 42.5 Å². The molecule has 0 aliphatic rings. The fraction of sp³-hybridized carbons (Fsp3) is 0.280. The van der Waals surface area contributed by atoms with E-state index >= 15 is 0 Å². The van der Waals surface area contributed by atoms with Gasteiger partial charge in [0, 0.05) is 12.0 Å². The van der Waals surface area contributed by atoms with Crippen molar-refractivity contribution in [3.8, 4) is 0 Å². The molecular formula is C25H26N2O4S2. The molecule has 4 aromatic rings. The number of benzene rings is 3. The van der Waals surface area contributed by atoms with Crippen LogP contribution in [0, 0.1) is 5.92 Å². The summed E-state index contributed by atoms with van der Waals surface area (Å²) in [4.78, 5) is 16.6. The van der Waals surface area contributed by atoms with E-state index < -0.39 is 21.9 Å². The zero-order valence-corrected chi connectivity index (χ0v) is 20.3. The Labute approximate surface area is 197 Å². The first-order valence-electron chi connectivity index (χ1n) is 10.6. The van der Waals surface area contributed by atoms with Crippen LogP contribution in [0.4, 0.5) is 0 Å². The molecule has 1 unspecified atom stereocenters. The fourth-order valence-electron chi connectivity index (χ4n) is 3.67. The molecule has 0 saturated carbocycles. The molecule has 6 nitrogen and oxygen atoms in total. The maximum absolute atomic E-state index is 13.0. The van der Waals surface area contributed by atoms with Gasteiger partial charge in [0.15, 0.2) is 0 Å². The number of aliphatic carboxylic acids is 1. The van der Waals surface area contributed by atoms with Gasteiger partial charge in [-0.2, -0.15) is 0 Å². The molecule has 0 aliphatic carbocycles. The number of sulfonamides is 1. The van der Waals surface area contributed by atoms with Gasteiger partial charge in [0.2, 0.25) is 10.0 Å². The monoisotopic (exact) mass is 482 g/mol. The Morgan fingerprint density at radius 3 is 2.55 bits per heavy atom. The SMILES string of the molecule is CC(C)(C)c1nc2ccc(S(=O)(=O)NCC(Cc3cccc4ccccc34)C(=O)O)cc2s1. The third kappa shape index (κ3) is 5.08. The first-order valence-corrected chi connectivity index (χ1v) is 12.9. The lowest BCUT2D eigenvalue weighted by Crippen LogP contribution is -2.34. The van der Waals surface area contributed by atoms with E-state index in [0.717, 1.165) is 31.6 Å². The number of nitrogens with zero attached hydrogens (tertiary/aromatic N) is 1. The van der Waals surface area contributed by atoms with Crippen molar-refractivity contribution in [2.45, 2.75) is 37.5 Å². The highest BCUT2D eigenvalue weighted by Gasteiger charge is 2.24. The molecule has 1 heterocycles. The second-order valence-electron chi connectivity index (χ2n) is 9.13. The zero-order chi connectivity index (χ0) is 23.8. The van der Waals surface area contributed by atoms with Crippen LogP contribution in [-0.4, -0.2) is 31.0 Å². The second kappa shape index (κ2) is 8.85. The van der Waals surface area contributed by atoms with Crippen LogP contribution in [0.1, 0.15) is 31.3 Å². The quantitative estimate of drug-likeness (QED) is 0.388. The van der Waals surface area contributed by atoms with Gasteiger partial charge < -0.3 is 5.11 Å². The number of carbonyl (C=O) groups is 1. The van der Waals surface area contributed by atoms with Gasteiger partial charge >= 0.3 is 5.97 Å². The van der Waals surface area contributed by atoms with Crippen molar-refractivity contribution in [1.29, 1.82) is 0 Å². The van der Waals surface area contributed by atoms with Crippen molar-refractivity contribution in [2.24, 2.45) is 5.92 Å². The fourth-order valence-corrected chi connectivity index (χ4v) is 5.91. The Morgan fingerprint density at radius 2 is 1.82 bits per heavy atom. The number of hydrogen-bond acceptors (Lipinski definition) is 5. The van der Waals surface area contributed by atoms with Gasteiger partial charge in [-0.05, 0) is 41.0 Å². The zero-order valence-electron chi connectivity index (χ0n) is 18.7. The number of carboxylic acids is 1. The summed E-state index contributed by atoms with van der Waals surface area (Å²) in [6.45, 7) is 5.98. The van der Waals surface area contributed by atoms with Crippen molar-refractivity contribution in [2.75, 3.05) is 6.54 Å². The summed E-state index contributed by atoms with van der Waals surface area (Å²) < 4.78 is 29.2. The van der Waals surface area contributed by atoms with Gasteiger partial charge in [0.25, 0.3) is 0 Å². The third-order valence-corrected chi connectivity index (χ3v) is 8.39. The van der Waals surface area contributed by atoms with E-state index in [4.69, 9.17) is 0 Å². The third-order valence-electron chi connectivity index (χ3n) is 5.53. The van der Waals surface area contributed by atoms with Crippen LogP contribution < -0.4 is 4.72 Å². The van der Waals surface area contributed by atoms with Gasteiger partial charge in [-0.3, -0.25) is 4.79 Å². The molecule has 0 bridgehead atoms. The molecular weight excluding hydrogens is 456 g/mol. The Bertz CT molecular complexity index is 1430. The van der Waals surface area contributed by atoms with E-state index in [-0.39, 0.29) is 23.3 Å². The molecule has 0 amide bonds. The van der Waals surface area contributed by atoms with Crippen molar-refractivity contribution < 1.29 is 18.3 Å². The van der Waals surface area contributed by atoms with Gasteiger partial charge in [-0.25, -0.2) is 18.1 Å². The predicted molar refractivity (Wildman–Crippen MR) is 132 cm³/mol. The number of carboxylic acid groups (broad SMARTS) is 1. The van der Waals surface area contributed by atoms with E-state index in [9.17, 15) is 18.3 Å². The Kier molecular flexibility index (Phi) is 6.26. The largest absolute Gasteiger partial charge is 0.481 e. The molecule has 0 fully saturated rings. The first-order chi connectivity index (χ1) is 15.5. The Morgan fingerprint density at radius 1 is 1.09 bits per heavy atom. The number of thiazole rings is 1. The van der Waals surface area contributed by atoms with Gasteiger partial charge in [-0.15, -0.1) is 11.3 Å². The molecule has 172 valence electrons. The van der Waals surface area contributed by atoms with Crippen molar-refractivity contribution in [1.82, 2.24) is 9.71 Å². The molecule has 0 radical (unpaired) electrons. The first kappa shape index (κ1) is 23.4. The standard InChI is InChI=1S/C25H26N2O4S2/c1-25(2,3)24-27-21-12-11-19(14-22(21)32-24)33(30,31)26-15-18(23(28)29)13-17-9-6-8-16-7-4-5-10-20(16)17/h4-12,14,18,26H,13,15H2,1-3H3,(H,28,29). The molecule has 1 atom stereocenters. The van der Waals surface area contributed by atoms with Crippen LogP contribution >= 0.6 is 11.3 Å². The molecule has 1 aromatic heterocycles. The molecule has 33 heavy (non-hydrogen) atoms. The Balaban J connectivity index is 1.55. The van der Waals surface area contributed by atoms with Crippen LogP contribution in [0.15, 0.2) is 65.6 Å². The van der Waals surface area contributed by atoms with E-state index in [1.54, 1.807) is 12.1 Å². The number of nitrogens with one attached hydrogen (secondary N) is 1. The average Bonchev–Trinajstić information content (AvgIpc) is 3.21. The predicted octanol–water partition coefficient (Wildman–Crippen LogP) is 4.97. The average molecular weight is 483 g/mol. The maximum Gasteiger partial charge on any atom is 0.308 e. The van der Waals surface area contributed by atoms with E-state index in [0.29, 0.717) is 0 Å². The Hall–Kier alpha value is -2.81. The van der Waals surface area contributed by atoms with E-state index in [1.165, 1.54) is 17.4 Å². The highest BCUT2D eigenvalue weighted by Crippen LogP contribution is 2.32. The van der Waals surface area contributed by atoms with Crippen LogP contribution in [-0.2, 0) is 26.7 Å². The minimum Gasteiger partial charge on any atom is -0.481 e. The van der Waals surface area contributed by atoms with Crippen LogP contribution in [0.3, 0.4) is 0 Å². The lowest BCUT2D eigenvalue weighted by molar-refractivity contribution is -0.141.